The van der Waals surface area contributed by atoms with Crippen molar-refractivity contribution in [1.29, 1.82) is 0 Å². The number of hydrogen-bond donors (Lipinski definition) is 4. The molecule has 0 bridgehead atoms. The Hall–Kier alpha value is -3.21. The Morgan fingerprint density at radius 1 is 1.09 bits per heavy atom. The van der Waals surface area contributed by atoms with E-state index < -0.39 is 66.8 Å². The molecule has 3 aromatic rings. The third-order valence-corrected chi connectivity index (χ3v) is 5.43. The molecule has 0 amide bonds. The third-order valence-electron chi connectivity index (χ3n) is 5.43. The minimum atomic E-state index is -5.07. The Labute approximate surface area is 191 Å². The van der Waals surface area contributed by atoms with Gasteiger partial charge in [0.1, 0.15) is 24.6 Å². The van der Waals surface area contributed by atoms with Crippen molar-refractivity contribution in [3.63, 3.8) is 0 Å². The van der Waals surface area contributed by atoms with Crippen LogP contribution in [-0.4, -0.2) is 54.8 Å². The Morgan fingerprint density at radius 3 is 2.40 bits per heavy atom. The van der Waals surface area contributed by atoms with Gasteiger partial charge in [0.15, 0.2) is 12.8 Å². The van der Waals surface area contributed by atoms with Gasteiger partial charge in [0.05, 0.1) is 17.7 Å². The molecule has 0 radical (unpaired) electrons. The Kier molecular flexibility index (Phi) is 6.25. The Balaban J connectivity index is 1.61. The number of hydrogen-bond acceptors (Lipinski definition) is 8. The van der Waals surface area contributed by atoms with E-state index in [0.717, 1.165) is 11.1 Å². The van der Waals surface area contributed by atoms with Crippen molar-refractivity contribution >= 4 is 17.0 Å². The molecule has 1 aliphatic rings. The molecule has 0 saturated carbocycles. The van der Waals surface area contributed by atoms with Gasteiger partial charge < -0.3 is 30.6 Å². The highest BCUT2D eigenvalue weighted by atomic mass is 19.4. The predicted octanol–water partition coefficient (Wildman–Crippen LogP) is 0.579. The highest BCUT2D eigenvalue weighted by Gasteiger charge is 2.44. The molecular weight excluding hydrogens is 492 g/mol. The quantitative estimate of drug-likeness (QED) is 0.289. The zero-order valence-electron chi connectivity index (χ0n) is 17.4. The standard InChI is InChI=1S/C19H17F6N5O5/c20-18(21,22)9-2-1-8(10(3-9)19(23,24)25)5-34-30-7-28-16-12(15(30)26)27-6-29(16)17-14(33)13(32)11(4-31)35-17/h1-3,6-7,11,13-14,17,26,31-33H,4-5H2/p+1/t11-,13-,14-,17-/m1/s1. The van der Waals surface area contributed by atoms with Crippen LogP contribution in [0.1, 0.15) is 22.9 Å². The lowest BCUT2D eigenvalue weighted by Crippen LogP contribution is -2.45. The summed E-state index contributed by atoms with van der Waals surface area (Å²) in [4.78, 5) is 13.3. The van der Waals surface area contributed by atoms with E-state index in [0.29, 0.717) is 12.1 Å². The zero-order chi connectivity index (χ0) is 25.7. The maximum atomic E-state index is 13.3. The first-order valence-corrected chi connectivity index (χ1v) is 9.88. The van der Waals surface area contributed by atoms with Gasteiger partial charge >= 0.3 is 12.4 Å². The molecule has 1 aliphatic heterocycles. The number of halogens is 6. The van der Waals surface area contributed by atoms with Crippen LogP contribution in [0.25, 0.3) is 11.2 Å². The van der Waals surface area contributed by atoms with Gasteiger partial charge in [-0.05, 0) is 12.1 Å². The minimum Gasteiger partial charge on any atom is -0.394 e. The number of nitrogens with two attached hydrogens (primary N) is 1. The topological polar surface area (TPSA) is 140 Å². The molecule has 1 saturated heterocycles. The molecule has 0 aliphatic carbocycles. The molecule has 0 spiro atoms. The van der Waals surface area contributed by atoms with Crippen LogP contribution >= 0.6 is 0 Å². The summed E-state index contributed by atoms with van der Waals surface area (Å²) in [5.74, 6) is -0.221. The van der Waals surface area contributed by atoms with Gasteiger partial charge in [-0.25, -0.2) is 4.98 Å². The van der Waals surface area contributed by atoms with Crippen LogP contribution < -0.4 is 15.3 Å². The average molecular weight is 510 g/mol. The number of rotatable bonds is 5. The highest BCUT2D eigenvalue weighted by Crippen LogP contribution is 2.37. The van der Waals surface area contributed by atoms with Gasteiger partial charge in [0.25, 0.3) is 12.1 Å². The summed E-state index contributed by atoms with van der Waals surface area (Å²) >= 11 is 0. The number of aliphatic hydroxyl groups excluding tert-OH is 3. The molecule has 1 fully saturated rings. The van der Waals surface area contributed by atoms with Gasteiger partial charge in [0, 0.05) is 5.56 Å². The van der Waals surface area contributed by atoms with Crippen LogP contribution in [-0.2, 0) is 23.7 Å². The number of aliphatic hydroxyl groups is 3. The van der Waals surface area contributed by atoms with E-state index in [-0.39, 0.29) is 23.0 Å². The third kappa shape index (κ3) is 4.56. The number of imidazole rings is 1. The molecule has 35 heavy (non-hydrogen) atoms. The normalized spacial score (nSPS) is 23.2. The first-order valence-electron chi connectivity index (χ1n) is 9.88. The van der Waals surface area contributed by atoms with Crippen molar-refractivity contribution in [2.24, 2.45) is 0 Å². The van der Waals surface area contributed by atoms with E-state index in [4.69, 9.17) is 15.3 Å². The summed E-state index contributed by atoms with van der Waals surface area (Å²) < 4.78 is 86.0. The smallest absolute Gasteiger partial charge is 0.394 e. The predicted molar refractivity (Wildman–Crippen MR) is 102 cm³/mol. The lowest BCUT2D eigenvalue weighted by atomic mass is 10.0. The fraction of sp³-hybridized carbons (Fsp3) is 0.421. The van der Waals surface area contributed by atoms with E-state index in [9.17, 15) is 41.7 Å². The van der Waals surface area contributed by atoms with Crippen molar-refractivity contribution < 1.29 is 56.0 Å². The van der Waals surface area contributed by atoms with Crippen molar-refractivity contribution in [2.75, 3.05) is 12.3 Å². The van der Waals surface area contributed by atoms with Crippen LogP contribution in [0, 0.1) is 0 Å². The van der Waals surface area contributed by atoms with Crippen LogP contribution in [0.5, 0.6) is 0 Å². The fourth-order valence-corrected chi connectivity index (χ4v) is 3.62. The maximum Gasteiger partial charge on any atom is 0.416 e. The molecule has 3 heterocycles. The molecule has 2 aromatic heterocycles. The number of fused-ring (bicyclic) bond motifs is 1. The lowest BCUT2D eigenvalue weighted by Gasteiger charge is -2.16. The number of anilines is 1. The lowest BCUT2D eigenvalue weighted by molar-refractivity contribution is -0.885. The molecule has 1 aromatic carbocycles. The summed E-state index contributed by atoms with van der Waals surface area (Å²) in [6, 6.07) is 1.16. The minimum absolute atomic E-state index is 0.00317. The summed E-state index contributed by atoms with van der Waals surface area (Å²) in [5.41, 5.74) is 2.47. The first kappa shape index (κ1) is 24.9. The summed E-state index contributed by atoms with van der Waals surface area (Å²) in [5, 5.41) is 29.4. The van der Waals surface area contributed by atoms with E-state index >= 15 is 0 Å². The Morgan fingerprint density at radius 2 is 1.80 bits per heavy atom. The highest BCUT2D eigenvalue weighted by molar-refractivity contribution is 5.79. The van der Waals surface area contributed by atoms with E-state index in [1.807, 2.05) is 0 Å². The zero-order valence-corrected chi connectivity index (χ0v) is 17.4. The summed E-state index contributed by atoms with van der Waals surface area (Å²) in [7, 11) is 0. The first-order chi connectivity index (χ1) is 16.3. The van der Waals surface area contributed by atoms with Crippen LogP contribution in [0.15, 0.2) is 30.9 Å². The van der Waals surface area contributed by atoms with Crippen molar-refractivity contribution in [2.45, 2.75) is 43.5 Å². The van der Waals surface area contributed by atoms with Crippen molar-refractivity contribution in [3.05, 3.63) is 47.5 Å². The molecule has 190 valence electrons. The van der Waals surface area contributed by atoms with Gasteiger partial charge in [-0.2, -0.15) is 26.3 Å². The van der Waals surface area contributed by atoms with Crippen molar-refractivity contribution in [1.82, 2.24) is 14.5 Å². The van der Waals surface area contributed by atoms with Crippen LogP contribution in [0.3, 0.4) is 0 Å². The summed E-state index contributed by atoms with van der Waals surface area (Å²) in [6.45, 7) is -1.36. The molecule has 4 rings (SSSR count). The number of nitrogens with zero attached hydrogens (tertiary/aromatic N) is 4. The van der Waals surface area contributed by atoms with Gasteiger partial charge in [-0.15, -0.1) is 0 Å². The van der Waals surface area contributed by atoms with E-state index in [1.54, 1.807) is 0 Å². The number of nitrogen functional groups attached to an aromatic ring is 1. The second-order valence-electron chi connectivity index (χ2n) is 7.65. The van der Waals surface area contributed by atoms with Gasteiger partial charge in [-0.3, -0.25) is 4.57 Å². The Bertz CT molecular complexity index is 1230. The molecule has 0 unspecified atom stereocenters. The van der Waals surface area contributed by atoms with E-state index in [2.05, 4.69) is 9.97 Å². The number of alkyl halides is 6. The monoisotopic (exact) mass is 510 g/mol. The second-order valence-corrected chi connectivity index (χ2v) is 7.65. The SMILES string of the molecule is Nc1c2ncn([C@@H]3O[C@H](CO)[C@@H](O)[C@H]3O)c2nc[n+]1OCc1ccc(C(F)(F)F)cc1C(F)(F)F. The summed E-state index contributed by atoms with van der Waals surface area (Å²) in [6.07, 6.45) is -12.9. The maximum absolute atomic E-state index is 13.3. The molecule has 16 heteroatoms. The second kappa shape index (κ2) is 8.78. The average Bonchev–Trinajstić information content (AvgIpc) is 3.33. The largest absolute Gasteiger partial charge is 0.416 e. The van der Waals surface area contributed by atoms with Gasteiger partial charge in [-0.1, -0.05) is 15.8 Å². The van der Waals surface area contributed by atoms with Gasteiger partial charge in [0.2, 0.25) is 11.2 Å². The molecular formula is C19H18F6N5O5+. The van der Waals surface area contributed by atoms with Crippen molar-refractivity contribution in [3.8, 4) is 0 Å². The molecule has 10 nitrogen and oxygen atoms in total. The molecule has 5 N–H and O–H groups in total. The van der Waals surface area contributed by atoms with E-state index in [1.165, 1.54) is 10.9 Å². The number of benzene rings is 1. The number of ether oxygens (including phenoxy) is 1. The fourth-order valence-electron chi connectivity index (χ4n) is 3.62. The number of aromatic nitrogens is 4. The van der Waals surface area contributed by atoms with Crippen LogP contribution in [0.4, 0.5) is 32.2 Å². The molecule has 4 atom stereocenters. The van der Waals surface area contributed by atoms with Crippen LogP contribution in [0.2, 0.25) is 0 Å².